The molecule has 1 aromatic carbocycles. The van der Waals surface area contributed by atoms with Gasteiger partial charge in [0.1, 0.15) is 0 Å². The van der Waals surface area contributed by atoms with Gasteiger partial charge in [0.15, 0.2) is 0 Å². The standard InChI is InChI=1S/C20H27N3O/c1-14-6-5-7-18(12-14)23-15(2)13-19(16(23)3)20(24)22(4)17-8-10-21-11-9-17/h5-7,12-13,17,21H,8-11H2,1-4H3. The molecular weight excluding hydrogens is 298 g/mol. The molecule has 1 aliphatic rings. The monoisotopic (exact) mass is 325 g/mol. The van der Waals surface area contributed by atoms with Crippen molar-refractivity contribution in [3.8, 4) is 5.69 Å². The van der Waals surface area contributed by atoms with E-state index in [1.54, 1.807) is 0 Å². The molecule has 0 radical (unpaired) electrons. The van der Waals surface area contributed by atoms with Gasteiger partial charge in [-0.05, 0) is 70.5 Å². The van der Waals surface area contributed by atoms with E-state index in [2.05, 4.69) is 48.0 Å². The van der Waals surface area contributed by atoms with Crippen molar-refractivity contribution in [3.63, 3.8) is 0 Å². The van der Waals surface area contributed by atoms with Crippen LogP contribution in [0.3, 0.4) is 0 Å². The fraction of sp³-hybridized carbons (Fsp3) is 0.450. The number of benzene rings is 1. The zero-order valence-corrected chi connectivity index (χ0v) is 15.1. The fourth-order valence-corrected chi connectivity index (χ4v) is 3.69. The van der Waals surface area contributed by atoms with E-state index < -0.39 is 0 Å². The summed E-state index contributed by atoms with van der Waals surface area (Å²) in [5, 5.41) is 3.36. The molecule has 0 spiro atoms. The van der Waals surface area contributed by atoms with E-state index in [4.69, 9.17) is 0 Å². The van der Waals surface area contributed by atoms with Crippen molar-refractivity contribution in [1.82, 2.24) is 14.8 Å². The van der Waals surface area contributed by atoms with Crippen molar-refractivity contribution in [1.29, 1.82) is 0 Å². The Labute approximate surface area is 144 Å². The fourth-order valence-electron chi connectivity index (χ4n) is 3.69. The minimum Gasteiger partial charge on any atom is -0.339 e. The van der Waals surface area contributed by atoms with Crippen molar-refractivity contribution < 1.29 is 4.79 Å². The van der Waals surface area contributed by atoms with Crippen LogP contribution in [0.2, 0.25) is 0 Å². The molecule has 1 fully saturated rings. The minimum atomic E-state index is 0.133. The highest BCUT2D eigenvalue weighted by Crippen LogP contribution is 2.24. The number of aromatic nitrogens is 1. The van der Waals surface area contributed by atoms with Crippen molar-refractivity contribution in [2.45, 2.75) is 39.7 Å². The van der Waals surface area contributed by atoms with Gasteiger partial charge in [0, 0.05) is 30.2 Å². The van der Waals surface area contributed by atoms with Gasteiger partial charge in [-0.15, -0.1) is 0 Å². The minimum absolute atomic E-state index is 0.133. The summed E-state index contributed by atoms with van der Waals surface area (Å²) in [5.74, 6) is 0.133. The van der Waals surface area contributed by atoms with E-state index in [0.29, 0.717) is 6.04 Å². The molecule has 4 nitrogen and oxygen atoms in total. The molecule has 1 aliphatic heterocycles. The number of aryl methyl sites for hydroxylation is 2. The van der Waals surface area contributed by atoms with Crippen molar-refractivity contribution >= 4 is 5.91 Å². The zero-order chi connectivity index (χ0) is 17.3. The first kappa shape index (κ1) is 16.8. The molecular formula is C20H27N3O. The molecule has 0 bridgehead atoms. The van der Waals surface area contributed by atoms with Crippen LogP contribution in [0, 0.1) is 20.8 Å². The summed E-state index contributed by atoms with van der Waals surface area (Å²) in [4.78, 5) is 15.0. The first-order valence-electron chi connectivity index (χ1n) is 8.73. The van der Waals surface area contributed by atoms with E-state index in [0.717, 1.165) is 48.6 Å². The molecule has 3 rings (SSSR count). The van der Waals surface area contributed by atoms with Crippen LogP contribution >= 0.6 is 0 Å². The lowest BCUT2D eigenvalue weighted by molar-refractivity contribution is 0.0702. The Morgan fingerprint density at radius 1 is 1.17 bits per heavy atom. The molecule has 0 unspecified atom stereocenters. The van der Waals surface area contributed by atoms with Gasteiger partial charge in [0.25, 0.3) is 5.91 Å². The van der Waals surface area contributed by atoms with Gasteiger partial charge in [0.2, 0.25) is 0 Å². The molecule has 24 heavy (non-hydrogen) atoms. The molecule has 2 aromatic rings. The van der Waals surface area contributed by atoms with Crippen LogP contribution in [-0.2, 0) is 0 Å². The maximum absolute atomic E-state index is 13.0. The second-order valence-electron chi connectivity index (χ2n) is 6.86. The van der Waals surface area contributed by atoms with Crippen LogP contribution in [0.5, 0.6) is 0 Å². The normalized spacial score (nSPS) is 15.5. The molecule has 1 saturated heterocycles. The van der Waals surface area contributed by atoms with Crippen molar-refractivity contribution in [3.05, 3.63) is 52.8 Å². The average Bonchev–Trinajstić information content (AvgIpc) is 2.89. The number of amides is 1. The van der Waals surface area contributed by atoms with Gasteiger partial charge in [-0.2, -0.15) is 0 Å². The second kappa shape index (κ2) is 6.81. The van der Waals surface area contributed by atoms with Gasteiger partial charge in [-0.25, -0.2) is 0 Å². The van der Waals surface area contributed by atoms with Crippen LogP contribution in [-0.4, -0.2) is 41.6 Å². The number of hydrogen-bond donors (Lipinski definition) is 1. The lowest BCUT2D eigenvalue weighted by Gasteiger charge is -2.31. The third-order valence-electron chi connectivity index (χ3n) is 5.10. The summed E-state index contributed by atoms with van der Waals surface area (Å²) in [6.07, 6.45) is 2.05. The van der Waals surface area contributed by atoms with Gasteiger partial charge < -0.3 is 14.8 Å². The Bertz CT molecular complexity index is 741. The van der Waals surface area contributed by atoms with E-state index in [-0.39, 0.29) is 5.91 Å². The molecule has 0 aliphatic carbocycles. The summed E-state index contributed by atoms with van der Waals surface area (Å²) in [6, 6.07) is 10.8. The topological polar surface area (TPSA) is 37.3 Å². The number of carbonyl (C=O) groups excluding carboxylic acids is 1. The average molecular weight is 325 g/mol. The summed E-state index contributed by atoms with van der Waals surface area (Å²) < 4.78 is 2.18. The molecule has 2 heterocycles. The van der Waals surface area contributed by atoms with Gasteiger partial charge in [-0.3, -0.25) is 4.79 Å². The Morgan fingerprint density at radius 2 is 1.88 bits per heavy atom. The SMILES string of the molecule is Cc1cccc(-n2c(C)cc(C(=O)N(C)C3CCNCC3)c2C)c1. The quantitative estimate of drug-likeness (QED) is 0.941. The Morgan fingerprint density at radius 3 is 2.54 bits per heavy atom. The second-order valence-corrected chi connectivity index (χ2v) is 6.86. The molecule has 1 amide bonds. The summed E-state index contributed by atoms with van der Waals surface area (Å²) in [7, 11) is 1.94. The van der Waals surface area contributed by atoms with E-state index >= 15 is 0 Å². The highest BCUT2D eigenvalue weighted by Gasteiger charge is 2.25. The highest BCUT2D eigenvalue weighted by atomic mass is 16.2. The van der Waals surface area contributed by atoms with Crippen LogP contribution in [0.4, 0.5) is 0 Å². The molecule has 0 saturated carbocycles. The largest absolute Gasteiger partial charge is 0.339 e. The molecule has 1 aromatic heterocycles. The summed E-state index contributed by atoms with van der Waals surface area (Å²) in [6.45, 7) is 8.18. The smallest absolute Gasteiger partial charge is 0.255 e. The van der Waals surface area contributed by atoms with E-state index in [9.17, 15) is 4.79 Å². The number of carbonyl (C=O) groups is 1. The Kier molecular flexibility index (Phi) is 4.76. The third-order valence-corrected chi connectivity index (χ3v) is 5.10. The lowest BCUT2D eigenvalue weighted by atomic mass is 10.0. The number of hydrogen-bond acceptors (Lipinski definition) is 2. The molecule has 4 heteroatoms. The molecule has 128 valence electrons. The zero-order valence-electron chi connectivity index (χ0n) is 15.1. The van der Waals surface area contributed by atoms with Crippen molar-refractivity contribution in [2.24, 2.45) is 0 Å². The van der Waals surface area contributed by atoms with Crippen LogP contribution < -0.4 is 5.32 Å². The maximum Gasteiger partial charge on any atom is 0.255 e. The Balaban J connectivity index is 1.92. The number of piperidine rings is 1. The lowest BCUT2D eigenvalue weighted by Crippen LogP contribution is -2.44. The van der Waals surface area contributed by atoms with E-state index in [1.807, 2.05) is 24.9 Å². The highest BCUT2D eigenvalue weighted by molar-refractivity contribution is 5.96. The first-order chi connectivity index (χ1) is 11.5. The van der Waals surface area contributed by atoms with Gasteiger partial charge in [-0.1, -0.05) is 12.1 Å². The summed E-state index contributed by atoms with van der Waals surface area (Å²) >= 11 is 0. The van der Waals surface area contributed by atoms with Gasteiger partial charge >= 0.3 is 0 Å². The van der Waals surface area contributed by atoms with Gasteiger partial charge in [0.05, 0.1) is 5.56 Å². The van der Waals surface area contributed by atoms with Crippen LogP contribution in [0.25, 0.3) is 5.69 Å². The van der Waals surface area contributed by atoms with E-state index in [1.165, 1.54) is 5.56 Å². The number of nitrogens with one attached hydrogen (secondary N) is 1. The number of nitrogens with zero attached hydrogens (tertiary/aromatic N) is 2. The van der Waals surface area contributed by atoms with Crippen molar-refractivity contribution in [2.75, 3.05) is 20.1 Å². The molecule has 1 N–H and O–H groups in total. The maximum atomic E-state index is 13.0. The first-order valence-corrected chi connectivity index (χ1v) is 8.73. The Hall–Kier alpha value is -2.07. The predicted octanol–water partition coefficient (Wildman–Crippen LogP) is 3.23. The number of rotatable bonds is 3. The third kappa shape index (κ3) is 3.11. The van der Waals surface area contributed by atoms with Crippen LogP contribution in [0.1, 0.15) is 40.2 Å². The van der Waals surface area contributed by atoms with Crippen LogP contribution in [0.15, 0.2) is 30.3 Å². The molecule has 0 atom stereocenters. The summed E-state index contributed by atoms with van der Waals surface area (Å²) in [5.41, 5.74) is 5.27. The predicted molar refractivity (Wildman–Crippen MR) is 98.0 cm³/mol.